The van der Waals surface area contributed by atoms with Crippen molar-refractivity contribution in [3.05, 3.63) is 0 Å². The van der Waals surface area contributed by atoms with Crippen LogP contribution in [0.4, 0.5) is 0 Å². The molecule has 12 heavy (non-hydrogen) atoms. The van der Waals surface area contributed by atoms with Gasteiger partial charge in [-0.15, -0.1) is 0 Å². The zero-order valence-electron chi connectivity index (χ0n) is 7.79. The molecule has 3 heteroatoms. The first-order chi connectivity index (χ1) is 5.32. The van der Waals surface area contributed by atoms with E-state index < -0.39 is 22.9 Å². The van der Waals surface area contributed by atoms with Crippen molar-refractivity contribution in [1.29, 1.82) is 0 Å². The van der Waals surface area contributed by atoms with Gasteiger partial charge in [0.1, 0.15) is 0 Å². The lowest BCUT2D eigenvalue weighted by Crippen LogP contribution is -2.42. The molecule has 1 rings (SSSR count). The summed E-state index contributed by atoms with van der Waals surface area (Å²) in [5, 5.41) is 18.6. The van der Waals surface area contributed by atoms with Crippen LogP contribution in [0.5, 0.6) is 0 Å². The van der Waals surface area contributed by atoms with Crippen LogP contribution in [-0.2, 0) is 4.79 Å². The number of carboxylic acid groups (broad SMARTS) is 1. The topological polar surface area (TPSA) is 57.5 Å². The summed E-state index contributed by atoms with van der Waals surface area (Å²) in [5.41, 5.74) is -1.29. The average molecular weight is 172 g/mol. The number of aliphatic hydroxyl groups is 1. The largest absolute Gasteiger partial charge is 0.481 e. The molecule has 1 aliphatic rings. The van der Waals surface area contributed by atoms with Gasteiger partial charge in [0.15, 0.2) is 0 Å². The molecule has 0 spiro atoms. The van der Waals surface area contributed by atoms with E-state index in [1.807, 2.05) is 13.8 Å². The summed E-state index contributed by atoms with van der Waals surface area (Å²) in [6.45, 7) is 5.35. The van der Waals surface area contributed by atoms with Crippen LogP contribution in [0.25, 0.3) is 0 Å². The summed E-state index contributed by atoms with van der Waals surface area (Å²) in [7, 11) is 0. The van der Waals surface area contributed by atoms with Gasteiger partial charge in [-0.25, -0.2) is 0 Å². The molecule has 0 unspecified atom stereocenters. The Morgan fingerprint density at radius 2 is 1.92 bits per heavy atom. The minimum absolute atomic E-state index is 0.487. The normalized spacial score (nSPS) is 39.8. The number of carbonyl (C=O) groups is 1. The van der Waals surface area contributed by atoms with E-state index in [4.69, 9.17) is 5.11 Å². The molecule has 0 radical (unpaired) electrons. The Morgan fingerprint density at radius 3 is 2.08 bits per heavy atom. The van der Waals surface area contributed by atoms with Crippen LogP contribution in [0.15, 0.2) is 0 Å². The van der Waals surface area contributed by atoms with Crippen LogP contribution < -0.4 is 0 Å². The Labute approximate surface area is 72.4 Å². The van der Waals surface area contributed by atoms with E-state index in [2.05, 4.69) is 0 Å². The van der Waals surface area contributed by atoms with Gasteiger partial charge < -0.3 is 10.2 Å². The number of hydrogen-bond acceptors (Lipinski definition) is 2. The lowest BCUT2D eigenvalue weighted by molar-refractivity contribution is -0.155. The maximum atomic E-state index is 11.0. The molecule has 3 nitrogen and oxygen atoms in total. The van der Waals surface area contributed by atoms with Gasteiger partial charge >= 0.3 is 5.97 Å². The number of rotatable bonds is 1. The summed E-state index contributed by atoms with van der Waals surface area (Å²) in [5.74, 6) is -0.802. The van der Waals surface area contributed by atoms with Crippen molar-refractivity contribution in [2.24, 2.45) is 10.8 Å². The molecule has 1 fully saturated rings. The van der Waals surface area contributed by atoms with Gasteiger partial charge in [0.05, 0.1) is 11.5 Å². The quantitative estimate of drug-likeness (QED) is 0.626. The molecule has 70 valence electrons. The van der Waals surface area contributed by atoms with Crippen molar-refractivity contribution in [2.45, 2.75) is 39.7 Å². The van der Waals surface area contributed by atoms with Crippen molar-refractivity contribution in [2.75, 3.05) is 0 Å². The zero-order chi connectivity index (χ0) is 9.57. The van der Waals surface area contributed by atoms with Crippen LogP contribution in [0.2, 0.25) is 0 Å². The van der Waals surface area contributed by atoms with Crippen molar-refractivity contribution >= 4 is 5.97 Å². The van der Waals surface area contributed by atoms with Crippen molar-refractivity contribution < 1.29 is 15.0 Å². The van der Waals surface area contributed by atoms with Gasteiger partial charge in [0.2, 0.25) is 0 Å². The van der Waals surface area contributed by atoms with Crippen LogP contribution in [0.3, 0.4) is 0 Å². The Kier molecular flexibility index (Phi) is 1.95. The molecule has 0 saturated heterocycles. The Bertz CT molecular complexity index is 210. The van der Waals surface area contributed by atoms with E-state index in [1.54, 1.807) is 6.92 Å². The highest BCUT2D eigenvalue weighted by atomic mass is 16.4. The smallest absolute Gasteiger partial charge is 0.309 e. The Hall–Kier alpha value is -0.570. The maximum Gasteiger partial charge on any atom is 0.309 e. The van der Waals surface area contributed by atoms with Crippen LogP contribution in [0, 0.1) is 10.8 Å². The number of aliphatic hydroxyl groups excluding tert-OH is 1. The molecule has 0 bridgehead atoms. The first kappa shape index (κ1) is 9.52. The summed E-state index contributed by atoms with van der Waals surface area (Å²) in [4.78, 5) is 11.0. The number of aliphatic carboxylic acids is 1. The lowest BCUT2D eigenvalue weighted by Gasteiger charge is -2.36. The molecule has 1 aliphatic carbocycles. The van der Waals surface area contributed by atoms with Gasteiger partial charge in [-0.1, -0.05) is 13.8 Å². The molecular formula is C9H16O3. The predicted molar refractivity (Wildman–Crippen MR) is 44.8 cm³/mol. The molecular weight excluding hydrogens is 156 g/mol. The van der Waals surface area contributed by atoms with Crippen LogP contribution in [0.1, 0.15) is 33.6 Å². The molecule has 0 aliphatic heterocycles. The van der Waals surface area contributed by atoms with Gasteiger partial charge in [-0.2, -0.15) is 0 Å². The first-order valence-electron chi connectivity index (χ1n) is 4.24. The standard InChI is InChI=1S/C9H16O3/c1-8(2)6(10)4-5-9(8,3)7(11)12/h6,10H,4-5H2,1-3H3,(H,11,12)/t6-,9+/m0/s1. The minimum atomic E-state index is -0.802. The molecule has 2 atom stereocenters. The third-order valence-corrected chi connectivity index (χ3v) is 3.64. The Morgan fingerprint density at radius 1 is 1.42 bits per heavy atom. The highest BCUT2D eigenvalue weighted by Crippen LogP contribution is 2.52. The SMILES string of the molecule is CC1(C)[C@@H](O)CC[C@]1(C)C(=O)O. The second-order valence-electron chi connectivity index (χ2n) is 4.41. The van der Waals surface area contributed by atoms with E-state index >= 15 is 0 Å². The average Bonchev–Trinajstić information content (AvgIpc) is 2.15. The minimum Gasteiger partial charge on any atom is -0.481 e. The number of carboxylic acids is 1. The highest BCUT2D eigenvalue weighted by molar-refractivity contribution is 5.75. The summed E-state index contributed by atoms with van der Waals surface area (Å²) < 4.78 is 0. The molecule has 0 heterocycles. The van der Waals surface area contributed by atoms with Crippen molar-refractivity contribution in [3.8, 4) is 0 Å². The van der Waals surface area contributed by atoms with Gasteiger partial charge in [-0.3, -0.25) is 4.79 Å². The molecule has 1 saturated carbocycles. The second-order valence-corrected chi connectivity index (χ2v) is 4.41. The predicted octanol–water partition coefficient (Wildman–Crippen LogP) is 1.26. The fourth-order valence-electron chi connectivity index (χ4n) is 1.86. The third kappa shape index (κ3) is 0.959. The van der Waals surface area contributed by atoms with E-state index in [9.17, 15) is 9.90 Å². The zero-order valence-corrected chi connectivity index (χ0v) is 7.79. The summed E-state index contributed by atoms with van der Waals surface area (Å²) in [6.07, 6.45) is 0.672. The fraction of sp³-hybridized carbons (Fsp3) is 0.889. The maximum absolute atomic E-state index is 11.0. The van der Waals surface area contributed by atoms with Crippen LogP contribution in [-0.4, -0.2) is 22.3 Å². The number of hydrogen-bond donors (Lipinski definition) is 2. The molecule has 0 aromatic rings. The Balaban J connectivity index is 3.01. The fourth-order valence-corrected chi connectivity index (χ4v) is 1.86. The van der Waals surface area contributed by atoms with Gasteiger partial charge in [-0.05, 0) is 19.8 Å². The monoisotopic (exact) mass is 172 g/mol. The first-order valence-corrected chi connectivity index (χ1v) is 4.24. The van der Waals surface area contributed by atoms with E-state index in [1.165, 1.54) is 0 Å². The third-order valence-electron chi connectivity index (χ3n) is 3.64. The highest BCUT2D eigenvalue weighted by Gasteiger charge is 2.55. The molecule has 0 aromatic heterocycles. The summed E-state index contributed by atoms with van der Waals surface area (Å²) in [6, 6.07) is 0. The van der Waals surface area contributed by atoms with Crippen molar-refractivity contribution in [3.63, 3.8) is 0 Å². The van der Waals surface area contributed by atoms with Gasteiger partial charge in [0, 0.05) is 5.41 Å². The second kappa shape index (κ2) is 2.46. The molecule has 0 aromatic carbocycles. The molecule has 2 N–H and O–H groups in total. The van der Waals surface area contributed by atoms with E-state index in [-0.39, 0.29) is 0 Å². The van der Waals surface area contributed by atoms with Crippen LogP contribution >= 0.6 is 0 Å². The lowest BCUT2D eigenvalue weighted by atomic mass is 9.68. The summed E-state index contributed by atoms with van der Waals surface area (Å²) >= 11 is 0. The van der Waals surface area contributed by atoms with E-state index in [0.717, 1.165) is 0 Å². The van der Waals surface area contributed by atoms with E-state index in [0.29, 0.717) is 12.8 Å². The molecule has 0 amide bonds. The van der Waals surface area contributed by atoms with Crippen molar-refractivity contribution in [1.82, 2.24) is 0 Å². The van der Waals surface area contributed by atoms with Gasteiger partial charge in [0.25, 0.3) is 0 Å².